The van der Waals surface area contributed by atoms with E-state index >= 15 is 0 Å². The molecule has 2 aromatic rings. The lowest BCUT2D eigenvalue weighted by Crippen LogP contribution is -2.12. The Labute approximate surface area is 106 Å². The molecule has 0 aliphatic heterocycles. The molecule has 0 aromatic carbocycles. The molecule has 7 nitrogen and oxygen atoms in total. The molecule has 98 valence electrons. The van der Waals surface area contributed by atoms with Crippen LogP contribution in [0.1, 0.15) is 25.6 Å². The van der Waals surface area contributed by atoms with E-state index in [0.717, 1.165) is 5.69 Å². The summed E-state index contributed by atoms with van der Waals surface area (Å²) in [6.07, 6.45) is 1.81. The molecule has 2 heterocycles. The largest absolute Gasteiger partial charge is 0.349 e. The molecule has 0 spiro atoms. The van der Waals surface area contributed by atoms with Gasteiger partial charge in [0.25, 0.3) is 0 Å². The lowest BCUT2D eigenvalue weighted by Gasteiger charge is -2.10. The number of H-pyrrole nitrogens is 1. The van der Waals surface area contributed by atoms with Crippen molar-refractivity contribution in [3.8, 4) is 0 Å². The van der Waals surface area contributed by atoms with E-state index in [1.54, 1.807) is 0 Å². The fraction of sp³-hybridized carbons (Fsp3) is 0.545. The number of anilines is 2. The lowest BCUT2D eigenvalue weighted by atomic mass is 10.3. The van der Waals surface area contributed by atoms with Crippen molar-refractivity contribution in [1.29, 1.82) is 0 Å². The molecule has 0 saturated heterocycles. The van der Waals surface area contributed by atoms with Crippen LogP contribution in [0.4, 0.5) is 11.9 Å². The van der Waals surface area contributed by atoms with E-state index in [-0.39, 0.29) is 0 Å². The van der Waals surface area contributed by atoms with Crippen molar-refractivity contribution < 1.29 is 0 Å². The Bertz CT molecular complexity index is 497. The minimum atomic E-state index is 0.351. The maximum Gasteiger partial charge on any atom is 0.245 e. The summed E-state index contributed by atoms with van der Waals surface area (Å²) >= 11 is 0. The first kappa shape index (κ1) is 12.4. The Morgan fingerprint density at radius 3 is 2.83 bits per heavy atom. The van der Waals surface area contributed by atoms with Crippen LogP contribution in [-0.2, 0) is 6.54 Å². The fourth-order valence-corrected chi connectivity index (χ4v) is 1.65. The average Bonchev–Trinajstić information content (AvgIpc) is 2.95. The Kier molecular flexibility index (Phi) is 3.50. The maximum atomic E-state index is 4.30. The van der Waals surface area contributed by atoms with Gasteiger partial charge in [0.2, 0.25) is 11.9 Å². The molecule has 0 atom stereocenters. The minimum absolute atomic E-state index is 0.351. The van der Waals surface area contributed by atoms with Crippen molar-refractivity contribution in [2.24, 2.45) is 0 Å². The Morgan fingerprint density at radius 2 is 2.22 bits per heavy atom. The number of hydrogen-bond donors (Lipinski definition) is 2. The van der Waals surface area contributed by atoms with Crippen molar-refractivity contribution in [1.82, 2.24) is 25.0 Å². The zero-order valence-corrected chi connectivity index (χ0v) is 11.2. The highest BCUT2D eigenvalue weighted by molar-refractivity contribution is 5.35. The van der Waals surface area contributed by atoms with Gasteiger partial charge in [0.05, 0.1) is 12.2 Å². The first-order valence-corrected chi connectivity index (χ1v) is 5.94. The molecule has 2 aromatic heterocycles. The van der Waals surface area contributed by atoms with E-state index in [2.05, 4.69) is 39.4 Å². The van der Waals surface area contributed by atoms with Crippen LogP contribution in [0.2, 0.25) is 0 Å². The second-order valence-electron chi connectivity index (χ2n) is 4.59. The van der Waals surface area contributed by atoms with Crippen LogP contribution in [0, 0.1) is 0 Å². The van der Waals surface area contributed by atoms with E-state index in [1.165, 1.54) is 0 Å². The second-order valence-corrected chi connectivity index (χ2v) is 4.59. The molecule has 18 heavy (non-hydrogen) atoms. The summed E-state index contributed by atoms with van der Waals surface area (Å²) in [5.41, 5.74) is 1.12. The minimum Gasteiger partial charge on any atom is -0.349 e. The van der Waals surface area contributed by atoms with Gasteiger partial charge in [-0.05, 0) is 19.9 Å². The van der Waals surface area contributed by atoms with Crippen molar-refractivity contribution in [2.75, 3.05) is 24.3 Å². The van der Waals surface area contributed by atoms with Crippen LogP contribution in [0.5, 0.6) is 0 Å². The second kappa shape index (κ2) is 5.07. The number of hydrogen-bond acceptors (Lipinski definition) is 5. The van der Waals surface area contributed by atoms with Gasteiger partial charge >= 0.3 is 0 Å². The molecule has 0 unspecified atom stereocenters. The molecular weight excluding hydrogens is 230 g/mol. The SMILES string of the molecule is CC(C)n1nccc1CNc1nc(N(C)C)n[nH]1. The summed E-state index contributed by atoms with van der Waals surface area (Å²) in [5, 5.41) is 14.4. The van der Waals surface area contributed by atoms with E-state index < -0.39 is 0 Å². The third-order valence-corrected chi connectivity index (χ3v) is 2.55. The quantitative estimate of drug-likeness (QED) is 0.834. The summed E-state index contributed by atoms with van der Waals surface area (Å²) in [6, 6.07) is 2.35. The number of rotatable bonds is 5. The highest BCUT2D eigenvalue weighted by atomic mass is 15.4. The van der Waals surface area contributed by atoms with Crippen molar-refractivity contribution >= 4 is 11.9 Å². The summed E-state index contributed by atoms with van der Waals surface area (Å²) in [7, 11) is 3.81. The van der Waals surface area contributed by atoms with E-state index in [1.807, 2.05) is 35.9 Å². The zero-order valence-electron chi connectivity index (χ0n) is 11.2. The van der Waals surface area contributed by atoms with Crippen LogP contribution in [0.25, 0.3) is 0 Å². The van der Waals surface area contributed by atoms with Gasteiger partial charge in [-0.1, -0.05) is 0 Å². The molecule has 0 saturated carbocycles. The van der Waals surface area contributed by atoms with Gasteiger partial charge < -0.3 is 10.2 Å². The lowest BCUT2D eigenvalue weighted by molar-refractivity contribution is 0.512. The van der Waals surface area contributed by atoms with Gasteiger partial charge in [-0.15, -0.1) is 5.10 Å². The van der Waals surface area contributed by atoms with E-state index in [4.69, 9.17) is 0 Å². The van der Waals surface area contributed by atoms with Crippen molar-refractivity contribution in [2.45, 2.75) is 26.4 Å². The first-order valence-electron chi connectivity index (χ1n) is 5.94. The summed E-state index contributed by atoms with van der Waals surface area (Å²) in [4.78, 5) is 6.15. The molecule has 0 aliphatic carbocycles. The Balaban J connectivity index is 2.00. The molecule has 2 rings (SSSR count). The number of aromatic amines is 1. The molecule has 0 bridgehead atoms. The number of aromatic nitrogens is 5. The van der Waals surface area contributed by atoms with Gasteiger partial charge in [-0.25, -0.2) is 5.10 Å². The molecule has 0 amide bonds. The van der Waals surface area contributed by atoms with Gasteiger partial charge in [0.1, 0.15) is 0 Å². The molecule has 0 fully saturated rings. The zero-order chi connectivity index (χ0) is 13.1. The molecule has 0 radical (unpaired) electrons. The van der Waals surface area contributed by atoms with E-state index in [0.29, 0.717) is 24.5 Å². The fourth-order valence-electron chi connectivity index (χ4n) is 1.65. The van der Waals surface area contributed by atoms with Crippen LogP contribution >= 0.6 is 0 Å². The summed E-state index contributed by atoms with van der Waals surface area (Å²) in [5.74, 6) is 1.32. The highest BCUT2D eigenvalue weighted by Crippen LogP contribution is 2.11. The average molecular weight is 249 g/mol. The Morgan fingerprint density at radius 1 is 1.44 bits per heavy atom. The predicted octanol–water partition coefficient (Wildman–Crippen LogP) is 1.26. The van der Waals surface area contributed by atoms with Crippen molar-refractivity contribution in [3.05, 3.63) is 18.0 Å². The number of nitrogens with zero attached hydrogens (tertiary/aromatic N) is 5. The topological polar surface area (TPSA) is 74.7 Å². The van der Waals surface area contributed by atoms with Crippen LogP contribution < -0.4 is 10.2 Å². The van der Waals surface area contributed by atoms with Gasteiger partial charge in [-0.3, -0.25) is 4.68 Å². The predicted molar refractivity (Wildman–Crippen MR) is 70.6 cm³/mol. The maximum absolute atomic E-state index is 4.30. The third-order valence-electron chi connectivity index (χ3n) is 2.55. The highest BCUT2D eigenvalue weighted by Gasteiger charge is 2.07. The van der Waals surface area contributed by atoms with Crippen LogP contribution in [0.15, 0.2) is 12.3 Å². The standard InChI is InChI=1S/C11H19N7/c1-8(2)18-9(5-6-13-18)7-12-10-14-11(16-15-10)17(3)4/h5-6,8H,7H2,1-4H3,(H2,12,14,15,16). The molecule has 2 N–H and O–H groups in total. The molecule has 0 aliphatic rings. The van der Waals surface area contributed by atoms with Gasteiger partial charge in [0.15, 0.2) is 0 Å². The van der Waals surface area contributed by atoms with Crippen molar-refractivity contribution in [3.63, 3.8) is 0 Å². The van der Waals surface area contributed by atoms with Crippen LogP contribution in [0.3, 0.4) is 0 Å². The monoisotopic (exact) mass is 249 g/mol. The van der Waals surface area contributed by atoms with Gasteiger partial charge in [-0.2, -0.15) is 10.1 Å². The third kappa shape index (κ3) is 2.61. The van der Waals surface area contributed by atoms with Gasteiger partial charge in [0, 0.05) is 26.3 Å². The summed E-state index contributed by atoms with van der Waals surface area (Å²) < 4.78 is 1.98. The normalized spacial score (nSPS) is 10.9. The molecule has 7 heteroatoms. The first-order chi connectivity index (χ1) is 8.58. The number of nitrogens with one attached hydrogen (secondary N) is 2. The van der Waals surface area contributed by atoms with Crippen LogP contribution in [-0.4, -0.2) is 39.1 Å². The summed E-state index contributed by atoms with van der Waals surface area (Å²) in [6.45, 7) is 4.88. The van der Waals surface area contributed by atoms with E-state index in [9.17, 15) is 0 Å². The Hall–Kier alpha value is -2.05. The molecular formula is C11H19N7. The smallest absolute Gasteiger partial charge is 0.245 e.